The number of aryl methyl sites for hydroxylation is 2. The summed E-state index contributed by atoms with van der Waals surface area (Å²) in [6.45, 7) is 6.43. The summed E-state index contributed by atoms with van der Waals surface area (Å²) in [4.78, 5) is 15.8. The zero-order chi connectivity index (χ0) is 13.5. The molecule has 6 nitrogen and oxygen atoms in total. The Labute approximate surface area is 119 Å². The van der Waals surface area contributed by atoms with Crippen LogP contribution < -0.4 is 11.1 Å². The van der Waals surface area contributed by atoms with E-state index in [1.165, 1.54) is 0 Å². The Kier molecular flexibility index (Phi) is 8.34. The molecule has 0 fully saturated rings. The maximum atomic E-state index is 11.7. The first kappa shape index (κ1) is 17.9. The number of amides is 1. The summed E-state index contributed by atoms with van der Waals surface area (Å²) in [7, 11) is 0. The number of halogens is 1. The van der Waals surface area contributed by atoms with E-state index in [2.05, 4.69) is 29.3 Å². The number of nitrogens with two attached hydrogens (primary N) is 1. The van der Waals surface area contributed by atoms with Crippen LogP contribution >= 0.6 is 12.4 Å². The lowest BCUT2D eigenvalue weighted by molar-refractivity contribution is -0.121. The SMILES string of the molecule is Cc1noc(CCC(=O)NC(CN)CC(C)C)n1.Cl. The largest absolute Gasteiger partial charge is 0.352 e. The topological polar surface area (TPSA) is 94.0 Å². The number of carbonyl (C=O) groups excluding carboxylic acids is 1. The molecule has 0 aliphatic rings. The predicted molar refractivity (Wildman–Crippen MR) is 75.0 cm³/mol. The lowest BCUT2D eigenvalue weighted by Gasteiger charge is -2.18. The normalized spacial score (nSPS) is 12.1. The number of hydrogen-bond donors (Lipinski definition) is 2. The third-order valence-corrected chi connectivity index (χ3v) is 2.54. The molecular formula is C12H23ClN4O2. The fourth-order valence-corrected chi connectivity index (χ4v) is 1.74. The maximum Gasteiger partial charge on any atom is 0.227 e. The molecule has 1 aromatic rings. The van der Waals surface area contributed by atoms with Gasteiger partial charge in [0.25, 0.3) is 0 Å². The summed E-state index contributed by atoms with van der Waals surface area (Å²) in [5.41, 5.74) is 5.62. The van der Waals surface area contributed by atoms with Crippen molar-refractivity contribution in [3.05, 3.63) is 11.7 Å². The Morgan fingerprint density at radius 2 is 2.16 bits per heavy atom. The average Bonchev–Trinajstić information content (AvgIpc) is 2.71. The number of rotatable bonds is 7. The molecule has 0 aliphatic heterocycles. The highest BCUT2D eigenvalue weighted by atomic mass is 35.5. The lowest BCUT2D eigenvalue weighted by atomic mass is 10.0. The van der Waals surface area contributed by atoms with E-state index in [9.17, 15) is 4.79 Å². The molecule has 0 radical (unpaired) electrons. The van der Waals surface area contributed by atoms with Crippen molar-refractivity contribution in [2.24, 2.45) is 11.7 Å². The van der Waals surface area contributed by atoms with Gasteiger partial charge in [0.1, 0.15) is 0 Å². The first-order chi connectivity index (χ1) is 8.51. The Hall–Kier alpha value is -1.14. The second kappa shape index (κ2) is 8.87. The molecule has 1 rings (SSSR count). The Bertz CT molecular complexity index is 382. The Morgan fingerprint density at radius 1 is 1.47 bits per heavy atom. The third kappa shape index (κ3) is 7.12. The molecule has 3 N–H and O–H groups in total. The first-order valence-electron chi connectivity index (χ1n) is 6.30. The quantitative estimate of drug-likeness (QED) is 0.787. The van der Waals surface area contributed by atoms with Gasteiger partial charge in [0.2, 0.25) is 11.8 Å². The molecule has 1 aromatic heterocycles. The van der Waals surface area contributed by atoms with E-state index in [1.54, 1.807) is 6.92 Å². The second-order valence-electron chi connectivity index (χ2n) is 4.87. The summed E-state index contributed by atoms with van der Waals surface area (Å²) in [5.74, 6) is 1.57. The van der Waals surface area contributed by atoms with Gasteiger partial charge in [-0.2, -0.15) is 4.98 Å². The number of aromatic nitrogens is 2. The predicted octanol–water partition coefficient (Wildman–Crippen LogP) is 1.22. The average molecular weight is 291 g/mol. The van der Waals surface area contributed by atoms with Gasteiger partial charge in [0, 0.05) is 25.4 Å². The van der Waals surface area contributed by atoms with Crippen molar-refractivity contribution >= 4 is 18.3 Å². The van der Waals surface area contributed by atoms with Gasteiger partial charge in [-0.1, -0.05) is 19.0 Å². The minimum Gasteiger partial charge on any atom is -0.352 e. The van der Waals surface area contributed by atoms with Crippen molar-refractivity contribution in [2.45, 2.75) is 46.1 Å². The van der Waals surface area contributed by atoms with Crippen LogP contribution in [-0.2, 0) is 11.2 Å². The van der Waals surface area contributed by atoms with Crippen LogP contribution in [0.4, 0.5) is 0 Å². The number of nitrogens with zero attached hydrogens (tertiary/aromatic N) is 2. The van der Waals surface area contributed by atoms with Crippen LogP contribution in [-0.4, -0.2) is 28.6 Å². The fraction of sp³-hybridized carbons (Fsp3) is 0.750. The van der Waals surface area contributed by atoms with E-state index in [0.717, 1.165) is 6.42 Å². The summed E-state index contributed by atoms with van der Waals surface area (Å²) >= 11 is 0. The highest BCUT2D eigenvalue weighted by Crippen LogP contribution is 2.05. The molecule has 1 amide bonds. The molecule has 0 aliphatic carbocycles. The van der Waals surface area contributed by atoms with Crippen LogP contribution in [0.5, 0.6) is 0 Å². The van der Waals surface area contributed by atoms with Gasteiger partial charge in [-0.15, -0.1) is 12.4 Å². The van der Waals surface area contributed by atoms with Gasteiger partial charge in [-0.25, -0.2) is 0 Å². The Morgan fingerprint density at radius 3 is 2.63 bits per heavy atom. The smallest absolute Gasteiger partial charge is 0.227 e. The fourth-order valence-electron chi connectivity index (χ4n) is 1.74. The van der Waals surface area contributed by atoms with Crippen LogP contribution in [0.25, 0.3) is 0 Å². The van der Waals surface area contributed by atoms with Crippen LogP contribution in [0.15, 0.2) is 4.52 Å². The minimum atomic E-state index is -0.0260. The highest BCUT2D eigenvalue weighted by Gasteiger charge is 2.13. The molecule has 0 aromatic carbocycles. The van der Waals surface area contributed by atoms with Gasteiger partial charge in [-0.05, 0) is 19.3 Å². The van der Waals surface area contributed by atoms with Crippen molar-refractivity contribution in [1.29, 1.82) is 0 Å². The van der Waals surface area contributed by atoms with Gasteiger partial charge in [-0.3, -0.25) is 4.79 Å². The van der Waals surface area contributed by atoms with Crippen molar-refractivity contribution < 1.29 is 9.32 Å². The van der Waals surface area contributed by atoms with Crippen molar-refractivity contribution in [2.75, 3.05) is 6.54 Å². The summed E-state index contributed by atoms with van der Waals surface area (Å²) in [6.07, 6.45) is 1.70. The van der Waals surface area contributed by atoms with E-state index >= 15 is 0 Å². The summed E-state index contributed by atoms with van der Waals surface area (Å²) in [6, 6.07) is 0.0434. The molecule has 0 bridgehead atoms. The first-order valence-corrected chi connectivity index (χ1v) is 6.30. The standard InChI is InChI=1S/C12H22N4O2.ClH/c1-8(2)6-10(7-13)15-11(17)4-5-12-14-9(3)16-18-12;/h8,10H,4-7,13H2,1-3H3,(H,15,17);1H. The molecule has 0 saturated heterocycles. The van der Waals surface area contributed by atoms with Gasteiger partial charge >= 0.3 is 0 Å². The van der Waals surface area contributed by atoms with E-state index in [0.29, 0.717) is 37.0 Å². The number of hydrogen-bond acceptors (Lipinski definition) is 5. The summed E-state index contributed by atoms with van der Waals surface area (Å²) < 4.78 is 4.94. The molecule has 110 valence electrons. The Balaban J connectivity index is 0.00000324. The molecule has 1 heterocycles. The van der Waals surface area contributed by atoms with Gasteiger partial charge in [0.05, 0.1) is 0 Å². The van der Waals surface area contributed by atoms with Crippen LogP contribution in [0.3, 0.4) is 0 Å². The molecule has 1 unspecified atom stereocenters. The number of nitrogens with one attached hydrogen (secondary N) is 1. The van der Waals surface area contributed by atoms with E-state index in [1.807, 2.05) is 0 Å². The van der Waals surface area contributed by atoms with E-state index < -0.39 is 0 Å². The molecule has 7 heteroatoms. The lowest BCUT2D eigenvalue weighted by Crippen LogP contribution is -2.41. The van der Waals surface area contributed by atoms with Crippen LogP contribution in [0.1, 0.15) is 38.4 Å². The zero-order valence-corrected chi connectivity index (χ0v) is 12.5. The third-order valence-electron chi connectivity index (χ3n) is 2.54. The van der Waals surface area contributed by atoms with Gasteiger partial charge < -0.3 is 15.6 Å². The maximum absolute atomic E-state index is 11.7. The van der Waals surface area contributed by atoms with Crippen molar-refractivity contribution in [3.8, 4) is 0 Å². The van der Waals surface area contributed by atoms with Crippen molar-refractivity contribution in [1.82, 2.24) is 15.5 Å². The van der Waals surface area contributed by atoms with E-state index in [4.69, 9.17) is 10.3 Å². The monoisotopic (exact) mass is 290 g/mol. The van der Waals surface area contributed by atoms with E-state index in [-0.39, 0.29) is 24.4 Å². The van der Waals surface area contributed by atoms with Crippen LogP contribution in [0, 0.1) is 12.8 Å². The second-order valence-corrected chi connectivity index (χ2v) is 4.87. The molecule has 1 atom stereocenters. The molecular weight excluding hydrogens is 268 g/mol. The molecule has 19 heavy (non-hydrogen) atoms. The minimum absolute atomic E-state index is 0. The number of carbonyl (C=O) groups is 1. The zero-order valence-electron chi connectivity index (χ0n) is 11.7. The van der Waals surface area contributed by atoms with Crippen LogP contribution in [0.2, 0.25) is 0 Å². The highest BCUT2D eigenvalue weighted by molar-refractivity contribution is 5.85. The van der Waals surface area contributed by atoms with Gasteiger partial charge in [0.15, 0.2) is 5.82 Å². The van der Waals surface area contributed by atoms with Crippen molar-refractivity contribution in [3.63, 3.8) is 0 Å². The molecule has 0 spiro atoms. The summed E-state index contributed by atoms with van der Waals surface area (Å²) in [5, 5.41) is 6.59. The molecule has 0 saturated carbocycles.